The fourth-order valence-corrected chi connectivity index (χ4v) is 1.25. The van der Waals surface area contributed by atoms with Crippen LogP contribution in [0.25, 0.3) is 0 Å². The summed E-state index contributed by atoms with van der Waals surface area (Å²) in [6.45, 7) is 5.23. The van der Waals surface area contributed by atoms with Crippen molar-refractivity contribution in [3.05, 3.63) is 0 Å². The summed E-state index contributed by atoms with van der Waals surface area (Å²) < 4.78 is 0. The Kier molecular flexibility index (Phi) is 9.40. The Morgan fingerprint density at radius 2 is 1.80 bits per heavy atom. The van der Waals surface area contributed by atoms with Crippen LogP contribution < -0.4 is 22.5 Å². The Balaban J connectivity index is 3.57. The van der Waals surface area contributed by atoms with E-state index in [4.69, 9.17) is 17.2 Å². The van der Waals surface area contributed by atoms with Crippen molar-refractivity contribution in [1.29, 1.82) is 0 Å². The van der Waals surface area contributed by atoms with Crippen LogP contribution in [0.2, 0.25) is 0 Å². The van der Waals surface area contributed by atoms with Crippen molar-refractivity contribution in [2.24, 2.45) is 17.2 Å². The molecule has 0 spiro atoms. The maximum atomic E-state index is 10.6. The quantitative estimate of drug-likeness (QED) is 0.307. The molecule has 6 nitrogen and oxygen atoms in total. The molecular weight excluding hydrogens is 194 g/mol. The van der Waals surface area contributed by atoms with Crippen LogP contribution in [0.15, 0.2) is 0 Å². The minimum absolute atomic E-state index is 0.271. The van der Waals surface area contributed by atoms with Gasteiger partial charge in [0.1, 0.15) is 0 Å². The zero-order valence-electron chi connectivity index (χ0n) is 9.24. The van der Waals surface area contributed by atoms with E-state index in [1.807, 2.05) is 0 Å². The summed E-state index contributed by atoms with van der Waals surface area (Å²) in [5.74, 6) is -0.271. The third-order valence-corrected chi connectivity index (χ3v) is 2.05. The van der Waals surface area contributed by atoms with Crippen molar-refractivity contribution in [1.82, 2.24) is 10.2 Å². The Bertz CT molecular complexity index is 165. The molecular formula is C9H23N5O. The topological polar surface area (TPSA) is 110 Å². The van der Waals surface area contributed by atoms with E-state index in [2.05, 4.69) is 10.2 Å². The first-order valence-corrected chi connectivity index (χ1v) is 5.32. The Labute approximate surface area is 91.1 Å². The van der Waals surface area contributed by atoms with Gasteiger partial charge in [0.15, 0.2) is 0 Å². The molecule has 1 amide bonds. The second-order valence-corrected chi connectivity index (χ2v) is 3.39. The van der Waals surface area contributed by atoms with Gasteiger partial charge in [0.25, 0.3) is 0 Å². The minimum atomic E-state index is -0.271. The maximum absolute atomic E-state index is 10.6. The number of carbonyl (C=O) groups excluding carboxylic acids is 1. The molecule has 0 aromatic heterocycles. The van der Waals surface area contributed by atoms with Crippen molar-refractivity contribution >= 4 is 5.91 Å². The lowest BCUT2D eigenvalue weighted by atomic mass is 10.3. The molecule has 0 aliphatic heterocycles. The molecule has 0 aliphatic rings. The molecule has 90 valence electrons. The van der Waals surface area contributed by atoms with Crippen LogP contribution in [0.5, 0.6) is 0 Å². The van der Waals surface area contributed by atoms with Crippen LogP contribution in [0.3, 0.4) is 0 Å². The lowest BCUT2D eigenvalue weighted by Gasteiger charge is -2.20. The highest BCUT2D eigenvalue weighted by Crippen LogP contribution is 1.89. The predicted molar refractivity (Wildman–Crippen MR) is 61.2 cm³/mol. The van der Waals surface area contributed by atoms with Gasteiger partial charge < -0.3 is 27.4 Å². The van der Waals surface area contributed by atoms with E-state index < -0.39 is 0 Å². The summed E-state index contributed by atoms with van der Waals surface area (Å²) in [5, 5.41) is 3.19. The van der Waals surface area contributed by atoms with E-state index in [1.165, 1.54) is 0 Å². The van der Waals surface area contributed by atoms with E-state index in [-0.39, 0.29) is 5.91 Å². The van der Waals surface area contributed by atoms with Crippen molar-refractivity contribution in [2.45, 2.75) is 6.42 Å². The standard InChI is InChI=1S/C9H23N5O/c10-2-4-13-5-8-14(7-3-11)6-1-9(12)15/h13H,1-8,10-11H2,(H2,12,15). The summed E-state index contributed by atoms with van der Waals surface area (Å²) in [7, 11) is 0. The predicted octanol–water partition coefficient (Wildman–Crippen LogP) is -2.33. The first-order chi connectivity index (χ1) is 7.20. The number of amides is 1. The SMILES string of the molecule is NCCNCCN(CCN)CCC(N)=O. The number of nitrogens with two attached hydrogens (primary N) is 3. The molecule has 0 aromatic rings. The summed E-state index contributed by atoms with van der Waals surface area (Å²) >= 11 is 0. The van der Waals surface area contributed by atoms with Gasteiger partial charge >= 0.3 is 0 Å². The number of hydrogen-bond donors (Lipinski definition) is 4. The molecule has 0 atom stereocenters. The zero-order chi connectivity index (χ0) is 11.5. The maximum Gasteiger partial charge on any atom is 0.218 e. The Morgan fingerprint density at radius 3 is 2.33 bits per heavy atom. The lowest BCUT2D eigenvalue weighted by Crippen LogP contribution is -2.38. The number of nitrogens with one attached hydrogen (secondary N) is 1. The van der Waals surface area contributed by atoms with Crippen LogP contribution in [0, 0.1) is 0 Å². The average Bonchev–Trinajstić information content (AvgIpc) is 2.20. The van der Waals surface area contributed by atoms with Crippen LogP contribution in [-0.2, 0) is 4.79 Å². The Morgan fingerprint density at radius 1 is 1.07 bits per heavy atom. The normalized spacial score (nSPS) is 10.9. The lowest BCUT2D eigenvalue weighted by molar-refractivity contribution is -0.118. The minimum Gasteiger partial charge on any atom is -0.370 e. The van der Waals surface area contributed by atoms with Gasteiger partial charge in [-0.2, -0.15) is 0 Å². The van der Waals surface area contributed by atoms with Crippen molar-refractivity contribution in [3.63, 3.8) is 0 Å². The first-order valence-electron chi connectivity index (χ1n) is 5.32. The summed E-state index contributed by atoms with van der Waals surface area (Å²) in [6, 6.07) is 0. The molecule has 0 bridgehead atoms. The fraction of sp³-hybridized carbons (Fsp3) is 0.889. The molecule has 0 saturated heterocycles. The average molecular weight is 217 g/mol. The van der Waals surface area contributed by atoms with Crippen molar-refractivity contribution in [3.8, 4) is 0 Å². The van der Waals surface area contributed by atoms with Crippen LogP contribution >= 0.6 is 0 Å². The van der Waals surface area contributed by atoms with Gasteiger partial charge in [-0.15, -0.1) is 0 Å². The summed E-state index contributed by atoms with van der Waals surface area (Å²) in [5.41, 5.74) is 15.9. The largest absolute Gasteiger partial charge is 0.370 e. The highest BCUT2D eigenvalue weighted by Gasteiger charge is 2.04. The van der Waals surface area contributed by atoms with Gasteiger partial charge in [0, 0.05) is 52.2 Å². The zero-order valence-corrected chi connectivity index (χ0v) is 9.24. The number of primary amides is 1. The third-order valence-electron chi connectivity index (χ3n) is 2.05. The van der Waals surface area contributed by atoms with Crippen LogP contribution in [0.1, 0.15) is 6.42 Å². The van der Waals surface area contributed by atoms with Gasteiger partial charge in [0.2, 0.25) is 5.91 Å². The van der Waals surface area contributed by atoms with Gasteiger partial charge in [-0.25, -0.2) is 0 Å². The highest BCUT2D eigenvalue weighted by molar-refractivity contribution is 5.73. The van der Waals surface area contributed by atoms with Crippen LogP contribution in [0.4, 0.5) is 0 Å². The van der Waals surface area contributed by atoms with E-state index in [9.17, 15) is 4.79 Å². The fourth-order valence-electron chi connectivity index (χ4n) is 1.25. The van der Waals surface area contributed by atoms with Gasteiger partial charge in [-0.05, 0) is 0 Å². The molecule has 0 aromatic carbocycles. The number of nitrogens with zero attached hydrogens (tertiary/aromatic N) is 1. The Hall–Kier alpha value is -0.690. The number of hydrogen-bond acceptors (Lipinski definition) is 5. The van der Waals surface area contributed by atoms with Gasteiger partial charge in [0.05, 0.1) is 0 Å². The molecule has 7 N–H and O–H groups in total. The summed E-state index contributed by atoms with van der Waals surface area (Å²) in [4.78, 5) is 12.7. The van der Waals surface area contributed by atoms with E-state index in [0.29, 0.717) is 26.1 Å². The van der Waals surface area contributed by atoms with Crippen LogP contribution in [-0.4, -0.2) is 56.6 Å². The second kappa shape index (κ2) is 9.85. The van der Waals surface area contributed by atoms with E-state index in [0.717, 1.165) is 26.2 Å². The first kappa shape index (κ1) is 14.3. The molecule has 15 heavy (non-hydrogen) atoms. The monoisotopic (exact) mass is 217 g/mol. The van der Waals surface area contributed by atoms with Gasteiger partial charge in [-0.3, -0.25) is 4.79 Å². The molecule has 0 heterocycles. The number of rotatable bonds is 10. The molecule has 0 unspecified atom stereocenters. The molecule has 0 radical (unpaired) electrons. The number of carbonyl (C=O) groups is 1. The smallest absolute Gasteiger partial charge is 0.218 e. The molecule has 0 aliphatic carbocycles. The van der Waals surface area contributed by atoms with Gasteiger partial charge in [-0.1, -0.05) is 0 Å². The van der Waals surface area contributed by atoms with E-state index >= 15 is 0 Å². The summed E-state index contributed by atoms with van der Waals surface area (Å²) in [6.07, 6.45) is 0.386. The molecule has 6 heteroatoms. The van der Waals surface area contributed by atoms with Crippen molar-refractivity contribution < 1.29 is 4.79 Å². The molecule has 0 saturated carbocycles. The van der Waals surface area contributed by atoms with Crippen molar-refractivity contribution in [2.75, 3.05) is 45.8 Å². The molecule has 0 rings (SSSR count). The highest BCUT2D eigenvalue weighted by atomic mass is 16.1. The third kappa shape index (κ3) is 9.61. The second-order valence-electron chi connectivity index (χ2n) is 3.39. The molecule has 0 fully saturated rings. The van der Waals surface area contributed by atoms with E-state index in [1.54, 1.807) is 0 Å².